The van der Waals surface area contributed by atoms with Crippen LogP contribution in [-0.2, 0) is 32.9 Å². The van der Waals surface area contributed by atoms with E-state index in [4.69, 9.17) is 4.74 Å². The lowest BCUT2D eigenvalue weighted by Gasteiger charge is -2.31. The van der Waals surface area contributed by atoms with Crippen LogP contribution >= 0.6 is 0 Å². The van der Waals surface area contributed by atoms with E-state index in [1.54, 1.807) is 18.0 Å². The number of halogens is 1. The number of aliphatic hydroxyl groups is 1. The number of anilines is 2. The molecule has 9 heteroatoms. The van der Waals surface area contributed by atoms with Crippen molar-refractivity contribution in [2.75, 3.05) is 16.8 Å². The maximum Gasteiger partial charge on any atom is 0.264 e. The third-order valence-corrected chi connectivity index (χ3v) is 11.3. The number of benzene rings is 3. The fourth-order valence-electron chi connectivity index (χ4n) is 7.09. The first-order valence-electron chi connectivity index (χ1n) is 14.5. The van der Waals surface area contributed by atoms with Crippen molar-refractivity contribution in [1.29, 1.82) is 0 Å². The Morgan fingerprint density at radius 2 is 1.81 bits per heavy atom. The number of nitrogens with one attached hydrogen (secondary N) is 2. The Kier molecular flexibility index (Phi) is 7.28. The quantitative estimate of drug-likeness (QED) is 0.173. The number of carbonyl (C=O) groups excluding carboxylic acids is 2. The summed E-state index contributed by atoms with van der Waals surface area (Å²) >= 11 is 0. The van der Waals surface area contributed by atoms with E-state index in [1.165, 1.54) is 0 Å². The van der Waals surface area contributed by atoms with Gasteiger partial charge in [-0.05, 0) is 54.9 Å². The summed E-state index contributed by atoms with van der Waals surface area (Å²) in [5.41, 5.74) is 3.30. The van der Waals surface area contributed by atoms with Crippen molar-refractivity contribution in [3.63, 3.8) is 0 Å². The number of H-pyrrole nitrogens is 1. The first-order chi connectivity index (χ1) is 20.1. The molecule has 1 spiro atoms. The maximum atomic E-state index is 15.6. The van der Waals surface area contributed by atoms with Crippen LogP contribution in [0.4, 0.5) is 15.5 Å². The van der Waals surface area contributed by atoms with Crippen LogP contribution in [-0.4, -0.2) is 43.0 Å². The molecule has 6 rings (SSSR count). The van der Waals surface area contributed by atoms with E-state index in [2.05, 4.69) is 10.3 Å². The molecular weight excluding hydrogens is 549 g/mol. The summed E-state index contributed by atoms with van der Waals surface area (Å²) in [5.74, 6) is -0.693. The minimum Gasteiger partial charge on any atom is -0.396 e. The first-order valence-corrected chi connectivity index (χ1v) is 17.4. The molecule has 42 heavy (non-hydrogen) atoms. The summed E-state index contributed by atoms with van der Waals surface area (Å²) in [4.78, 5) is 32.0. The van der Waals surface area contributed by atoms with Crippen molar-refractivity contribution in [2.24, 2.45) is 5.92 Å². The number of fused-ring (bicyclic) bond motifs is 3. The van der Waals surface area contributed by atoms with Crippen molar-refractivity contribution in [2.45, 2.75) is 56.7 Å². The SMILES string of the molecule is C[C@H]1[C@H]([Si](C)(C)F)[C@@H](CCO)O[C@]12C(=O)N(Cc1ccc(NC(=O)Cc3c[nH]c4ccccc34)cc1)c1ccccc12. The molecule has 0 aliphatic carbocycles. The molecule has 0 radical (unpaired) electrons. The van der Waals surface area contributed by atoms with Gasteiger partial charge in [-0.1, -0.05) is 55.5 Å². The molecule has 0 saturated carbocycles. The molecule has 4 atom stereocenters. The van der Waals surface area contributed by atoms with Gasteiger partial charge in [-0.3, -0.25) is 9.59 Å². The summed E-state index contributed by atoms with van der Waals surface area (Å²) in [7, 11) is -3.23. The Bertz CT molecular complexity index is 1630. The van der Waals surface area contributed by atoms with E-state index in [0.717, 1.165) is 33.3 Å². The van der Waals surface area contributed by atoms with E-state index in [1.807, 2.05) is 85.9 Å². The lowest BCUT2D eigenvalue weighted by Crippen LogP contribution is -2.45. The van der Waals surface area contributed by atoms with Gasteiger partial charge in [0.15, 0.2) is 5.60 Å². The molecule has 2 aliphatic heterocycles. The van der Waals surface area contributed by atoms with E-state index in [0.29, 0.717) is 18.7 Å². The number of hydrogen-bond donors (Lipinski definition) is 3. The third kappa shape index (κ3) is 4.75. The Hall–Kier alpha value is -3.79. The molecule has 1 fully saturated rings. The Morgan fingerprint density at radius 3 is 2.55 bits per heavy atom. The predicted octanol–water partition coefficient (Wildman–Crippen LogP) is 6.05. The summed E-state index contributed by atoms with van der Waals surface area (Å²) in [6.07, 6.45) is 1.88. The molecule has 218 valence electrons. The Labute approximate surface area is 245 Å². The Morgan fingerprint density at radius 1 is 1.10 bits per heavy atom. The predicted molar refractivity (Wildman–Crippen MR) is 164 cm³/mol. The van der Waals surface area contributed by atoms with Crippen LogP contribution in [0.5, 0.6) is 0 Å². The van der Waals surface area contributed by atoms with Gasteiger partial charge < -0.3 is 29.2 Å². The number of nitrogens with zero attached hydrogens (tertiary/aromatic N) is 1. The summed E-state index contributed by atoms with van der Waals surface area (Å²) in [6, 6.07) is 22.9. The molecule has 0 unspecified atom stereocenters. The van der Waals surface area contributed by atoms with Crippen molar-refractivity contribution in [1.82, 2.24) is 4.98 Å². The standard InChI is InChI=1S/C33H36FN3O4Si/c1-21-31(42(2,3)34)29(16-17-38)41-33(21)26-9-5-7-11-28(26)37(32(33)40)20-22-12-14-24(15-13-22)36-30(39)18-23-19-35-27-10-6-4-8-25(23)27/h4-15,19,21,29,31,35,38H,16-18,20H2,1-3H3,(H,36,39)/t21-,29+,31-,33+/m0/s1. The lowest BCUT2D eigenvalue weighted by molar-refractivity contribution is -0.146. The number of amides is 2. The van der Waals surface area contributed by atoms with Crippen LogP contribution in [0.1, 0.15) is 30.0 Å². The van der Waals surface area contributed by atoms with Gasteiger partial charge in [0, 0.05) is 46.4 Å². The fraction of sp³-hybridized carbons (Fsp3) is 0.333. The van der Waals surface area contributed by atoms with E-state index in [9.17, 15) is 14.7 Å². The number of carbonyl (C=O) groups is 2. The fourth-order valence-corrected chi connectivity index (χ4v) is 9.63. The van der Waals surface area contributed by atoms with Crippen LogP contribution in [0.3, 0.4) is 0 Å². The number of ether oxygens (including phenoxy) is 1. The van der Waals surface area contributed by atoms with Crippen LogP contribution in [0.25, 0.3) is 10.9 Å². The van der Waals surface area contributed by atoms with Gasteiger partial charge in [0.2, 0.25) is 14.3 Å². The highest BCUT2D eigenvalue weighted by Crippen LogP contribution is 2.60. The van der Waals surface area contributed by atoms with Crippen LogP contribution in [0, 0.1) is 5.92 Å². The average molecular weight is 586 g/mol. The highest BCUT2D eigenvalue weighted by molar-refractivity contribution is 6.72. The number of para-hydroxylation sites is 2. The molecule has 2 amide bonds. The molecule has 3 heterocycles. The number of hydrogen-bond acceptors (Lipinski definition) is 4. The zero-order valence-corrected chi connectivity index (χ0v) is 25.1. The van der Waals surface area contributed by atoms with Crippen LogP contribution in [0.2, 0.25) is 18.6 Å². The van der Waals surface area contributed by atoms with Crippen molar-refractivity contribution in [3.8, 4) is 0 Å². The third-order valence-electron chi connectivity index (χ3n) is 8.89. The highest BCUT2D eigenvalue weighted by Gasteiger charge is 2.66. The molecular formula is C33H36FN3O4Si. The van der Waals surface area contributed by atoms with Gasteiger partial charge in [0.05, 0.1) is 24.8 Å². The largest absolute Gasteiger partial charge is 0.396 e. The number of aromatic amines is 1. The van der Waals surface area contributed by atoms with E-state index >= 15 is 4.11 Å². The molecule has 0 bridgehead atoms. The molecule has 1 saturated heterocycles. The van der Waals surface area contributed by atoms with Gasteiger partial charge >= 0.3 is 0 Å². The minimum absolute atomic E-state index is 0.114. The lowest BCUT2D eigenvalue weighted by atomic mass is 9.82. The minimum atomic E-state index is -3.23. The van der Waals surface area contributed by atoms with Gasteiger partial charge in [0.1, 0.15) is 0 Å². The zero-order chi connectivity index (χ0) is 29.6. The second-order valence-electron chi connectivity index (χ2n) is 12.0. The molecule has 3 N–H and O–H groups in total. The van der Waals surface area contributed by atoms with Gasteiger partial charge in [-0.2, -0.15) is 0 Å². The average Bonchev–Trinajstić information content (AvgIpc) is 3.57. The molecule has 1 aromatic heterocycles. The first kappa shape index (κ1) is 28.3. The second kappa shape index (κ2) is 10.8. The highest BCUT2D eigenvalue weighted by atomic mass is 28.4. The smallest absolute Gasteiger partial charge is 0.264 e. The topological polar surface area (TPSA) is 94.7 Å². The number of aromatic nitrogens is 1. The van der Waals surface area contributed by atoms with Crippen LogP contribution in [0.15, 0.2) is 79.0 Å². The number of rotatable bonds is 8. The summed E-state index contributed by atoms with van der Waals surface area (Å²) in [5, 5.41) is 13.7. The van der Waals surface area contributed by atoms with Gasteiger partial charge in [-0.25, -0.2) is 0 Å². The Balaban J connectivity index is 1.20. The monoisotopic (exact) mass is 585 g/mol. The zero-order valence-electron chi connectivity index (χ0n) is 24.1. The normalized spacial score (nSPS) is 23.6. The van der Waals surface area contributed by atoms with E-state index < -0.39 is 25.7 Å². The molecule has 3 aromatic carbocycles. The summed E-state index contributed by atoms with van der Waals surface area (Å²) < 4.78 is 22.2. The molecule has 4 aromatic rings. The van der Waals surface area contributed by atoms with Crippen molar-refractivity contribution < 1.29 is 23.5 Å². The summed E-state index contributed by atoms with van der Waals surface area (Å²) in [6.45, 7) is 5.42. The van der Waals surface area contributed by atoms with Gasteiger partial charge in [-0.15, -0.1) is 0 Å². The van der Waals surface area contributed by atoms with Crippen LogP contribution < -0.4 is 10.2 Å². The van der Waals surface area contributed by atoms with Crippen molar-refractivity contribution in [3.05, 3.63) is 95.7 Å². The molecule has 2 aliphatic rings. The number of aliphatic hydroxyl groups excluding tert-OH is 1. The van der Waals surface area contributed by atoms with E-state index in [-0.39, 0.29) is 30.8 Å². The molecule has 7 nitrogen and oxygen atoms in total. The van der Waals surface area contributed by atoms with Crippen molar-refractivity contribution >= 4 is 42.5 Å². The maximum absolute atomic E-state index is 15.6. The second-order valence-corrected chi connectivity index (χ2v) is 15.8. The van der Waals surface area contributed by atoms with Gasteiger partial charge in [0.25, 0.3) is 5.91 Å².